The maximum atomic E-state index is 6.16. The van der Waals surface area contributed by atoms with Crippen LogP contribution in [0.4, 0.5) is 0 Å². The Labute approximate surface area is 125 Å². The Morgan fingerprint density at radius 3 is 2.00 bits per heavy atom. The zero-order chi connectivity index (χ0) is 14.8. The molecule has 0 spiro atoms. The van der Waals surface area contributed by atoms with Gasteiger partial charge in [-0.1, -0.05) is 19.8 Å². The average Bonchev–Trinajstić information content (AvgIpc) is 2.36. The second-order valence-corrected chi connectivity index (χ2v) is 8.03. The molecule has 2 fully saturated rings. The number of nitrogens with two attached hydrogens (primary N) is 1. The fraction of sp³-hybridized carbons (Fsp3) is 1.00. The molecule has 0 bridgehead atoms. The van der Waals surface area contributed by atoms with E-state index in [0.29, 0.717) is 11.0 Å². The lowest BCUT2D eigenvalue weighted by Gasteiger charge is -2.51. The third kappa shape index (κ3) is 3.37. The lowest BCUT2D eigenvalue weighted by atomic mass is 9.70. The first-order valence-electron chi connectivity index (χ1n) is 8.47. The monoisotopic (exact) mass is 281 g/mol. The van der Waals surface area contributed by atoms with Crippen LogP contribution in [0.3, 0.4) is 0 Å². The minimum absolute atomic E-state index is 0.387. The van der Waals surface area contributed by atoms with Crippen molar-refractivity contribution in [2.75, 3.05) is 40.8 Å². The molecule has 2 aliphatic rings. The largest absolute Gasteiger partial charge is 0.330 e. The van der Waals surface area contributed by atoms with E-state index in [-0.39, 0.29) is 0 Å². The first-order chi connectivity index (χ1) is 9.41. The summed E-state index contributed by atoms with van der Waals surface area (Å²) in [6, 6.07) is 0. The third-order valence-electron chi connectivity index (χ3n) is 6.17. The van der Waals surface area contributed by atoms with E-state index in [1.54, 1.807) is 0 Å². The minimum Gasteiger partial charge on any atom is -0.330 e. The maximum Gasteiger partial charge on any atom is 0.0330 e. The highest BCUT2D eigenvalue weighted by Crippen LogP contribution is 2.40. The molecule has 0 unspecified atom stereocenters. The van der Waals surface area contributed by atoms with Gasteiger partial charge in [-0.3, -0.25) is 0 Å². The molecule has 2 N–H and O–H groups in total. The summed E-state index contributed by atoms with van der Waals surface area (Å²) in [5.41, 5.74) is 6.99. The van der Waals surface area contributed by atoms with Gasteiger partial charge in [-0.05, 0) is 71.1 Å². The quantitative estimate of drug-likeness (QED) is 0.812. The van der Waals surface area contributed by atoms with Crippen molar-refractivity contribution in [3.8, 4) is 0 Å². The molecule has 3 nitrogen and oxygen atoms in total. The van der Waals surface area contributed by atoms with E-state index >= 15 is 0 Å². The Morgan fingerprint density at radius 1 is 1.00 bits per heavy atom. The van der Waals surface area contributed by atoms with E-state index in [0.717, 1.165) is 12.5 Å². The van der Waals surface area contributed by atoms with Crippen molar-refractivity contribution in [3.63, 3.8) is 0 Å². The smallest absolute Gasteiger partial charge is 0.0330 e. The number of hydrogen-bond donors (Lipinski definition) is 1. The highest BCUT2D eigenvalue weighted by atomic mass is 15.2. The number of likely N-dealkylation sites (N-methyl/N-ethyl adjacent to an activating group) is 2. The number of rotatable bonds is 6. The predicted molar refractivity (Wildman–Crippen MR) is 86.9 cm³/mol. The van der Waals surface area contributed by atoms with E-state index in [4.69, 9.17) is 5.73 Å². The van der Waals surface area contributed by atoms with Gasteiger partial charge < -0.3 is 15.5 Å². The van der Waals surface area contributed by atoms with Gasteiger partial charge in [0.2, 0.25) is 0 Å². The molecule has 2 rings (SSSR count). The Balaban J connectivity index is 1.91. The van der Waals surface area contributed by atoms with Crippen LogP contribution >= 0.6 is 0 Å². The van der Waals surface area contributed by atoms with Gasteiger partial charge in [-0.2, -0.15) is 0 Å². The molecule has 0 heterocycles. The van der Waals surface area contributed by atoms with E-state index < -0.39 is 0 Å². The van der Waals surface area contributed by atoms with E-state index in [2.05, 4.69) is 37.9 Å². The van der Waals surface area contributed by atoms with E-state index in [1.165, 1.54) is 58.0 Å². The van der Waals surface area contributed by atoms with Gasteiger partial charge in [0.05, 0.1) is 0 Å². The van der Waals surface area contributed by atoms with Crippen LogP contribution in [0.25, 0.3) is 0 Å². The lowest BCUT2D eigenvalue weighted by molar-refractivity contribution is 0.00934. The molecule has 0 aromatic heterocycles. The SMILES string of the molecule is CC1CCC(CN)(CN(C)CC2(N(C)C)CCC2)CC1. The van der Waals surface area contributed by atoms with Crippen LogP contribution < -0.4 is 5.73 Å². The fourth-order valence-electron chi connectivity index (χ4n) is 4.26. The molecule has 118 valence electrons. The van der Waals surface area contributed by atoms with Gasteiger partial charge in [0, 0.05) is 18.6 Å². The molecule has 2 saturated carbocycles. The summed E-state index contributed by atoms with van der Waals surface area (Å²) >= 11 is 0. The van der Waals surface area contributed by atoms with Gasteiger partial charge in [0.1, 0.15) is 0 Å². The van der Waals surface area contributed by atoms with Crippen molar-refractivity contribution >= 4 is 0 Å². The summed E-state index contributed by atoms with van der Waals surface area (Å²) in [7, 11) is 6.79. The minimum atomic E-state index is 0.387. The Hall–Kier alpha value is -0.120. The van der Waals surface area contributed by atoms with E-state index in [9.17, 15) is 0 Å². The molecular weight excluding hydrogens is 246 g/mol. The molecular formula is C17H35N3. The number of nitrogens with zero attached hydrogens (tertiary/aromatic N) is 2. The molecule has 0 amide bonds. The molecule has 3 heteroatoms. The molecule has 20 heavy (non-hydrogen) atoms. The first kappa shape index (κ1) is 16.3. The highest BCUT2D eigenvalue weighted by Gasteiger charge is 2.41. The van der Waals surface area contributed by atoms with Crippen LogP contribution in [0.2, 0.25) is 0 Å². The Bertz CT molecular complexity index is 301. The van der Waals surface area contributed by atoms with Gasteiger partial charge in [-0.25, -0.2) is 0 Å². The predicted octanol–water partition coefficient (Wildman–Crippen LogP) is 2.56. The third-order valence-corrected chi connectivity index (χ3v) is 6.17. The molecule has 0 radical (unpaired) electrons. The van der Waals surface area contributed by atoms with Crippen LogP contribution in [0, 0.1) is 11.3 Å². The Morgan fingerprint density at radius 2 is 1.60 bits per heavy atom. The molecule has 0 aromatic rings. The first-order valence-corrected chi connectivity index (χ1v) is 8.47. The molecule has 0 aromatic carbocycles. The normalized spacial score (nSPS) is 33.5. The van der Waals surface area contributed by atoms with Gasteiger partial charge in [0.15, 0.2) is 0 Å². The molecule has 0 saturated heterocycles. The van der Waals surface area contributed by atoms with Gasteiger partial charge in [-0.15, -0.1) is 0 Å². The van der Waals surface area contributed by atoms with Crippen molar-refractivity contribution in [2.45, 2.75) is 57.4 Å². The second-order valence-electron chi connectivity index (χ2n) is 8.03. The van der Waals surface area contributed by atoms with Crippen LogP contribution in [0.15, 0.2) is 0 Å². The molecule has 0 aliphatic heterocycles. The van der Waals surface area contributed by atoms with Crippen molar-refractivity contribution in [2.24, 2.45) is 17.1 Å². The maximum absolute atomic E-state index is 6.16. The average molecular weight is 281 g/mol. The fourth-order valence-corrected chi connectivity index (χ4v) is 4.26. The van der Waals surface area contributed by atoms with Crippen LogP contribution in [0.1, 0.15) is 51.9 Å². The summed E-state index contributed by atoms with van der Waals surface area (Å²) < 4.78 is 0. The van der Waals surface area contributed by atoms with Crippen LogP contribution in [-0.4, -0.2) is 56.1 Å². The summed E-state index contributed by atoms with van der Waals surface area (Å²) in [4.78, 5) is 5.02. The van der Waals surface area contributed by atoms with Crippen LogP contribution in [0.5, 0.6) is 0 Å². The lowest BCUT2D eigenvalue weighted by Crippen LogP contribution is -2.58. The standard InChI is InChI=1S/C17H35N3/c1-15-6-10-16(12-18,11-7-15)13-20(4)14-17(19(2)3)8-5-9-17/h15H,5-14,18H2,1-4H3. The zero-order valence-electron chi connectivity index (χ0n) is 14.1. The highest BCUT2D eigenvalue weighted by molar-refractivity contribution is 4.99. The summed E-state index contributed by atoms with van der Waals surface area (Å²) in [5.74, 6) is 0.903. The van der Waals surface area contributed by atoms with Crippen molar-refractivity contribution in [3.05, 3.63) is 0 Å². The van der Waals surface area contributed by atoms with Gasteiger partial charge >= 0.3 is 0 Å². The van der Waals surface area contributed by atoms with Crippen molar-refractivity contribution < 1.29 is 0 Å². The van der Waals surface area contributed by atoms with Gasteiger partial charge in [0.25, 0.3) is 0 Å². The van der Waals surface area contributed by atoms with Crippen molar-refractivity contribution in [1.29, 1.82) is 0 Å². The Kier molecular flexibility index (Phi) is 5.14. The summed E-state index contributed by atoms with van der Waals surface area (Å²) in [5, 5.41) is 0. The number of hydrogen-bond acceptors (Lipinski definition) is 3. The summed E-state index contributed by atoms with van der Waals surface area (Å²) in [6.07, 6.45) is 9.49. The van der Waals surface area contributed by atoms with E-state index in [1.807, 2.05) is 0 Å². The zero-order valence-corrected chi connectivity index (χ0v) is 14.1. The topological polar surface area (TPSA) is 32.5 Å². The molecule has 2 aliphatic carbocycles. The second kappa shape index (κ2) is 6.33. The van der Waals surface area contributed by atoms with Crippen LogP contribution in [-0.2, 0) is 0 Å². The van der Waals surface area contributed by atoms with Crippen molar-refractivity contribution in [1.82, 2.24) is 9.80 Å². The summed E-state index contributed by atoms with van der Waals surface area (Å²) in [6.45, 7) is 5.64. The molecule has 0 atom stereocenters.